The van der Waals surface area contributed by atoms with E-state index in [9.17, 15) is 14.0 Å². The lowest BCUT2D eigenvalue weighted by Crippen LogP contribution is -2.39. The van der Waals surface area contributed by atoms with Crippen LogP contribution in [0.25, 0.3) is 0 Å². The van der Waals surface area contributed by atoms with Gasteiger partial charge >= 0.3 is 0 Å². The first-order valence-electron chi connectivity index (χ1n) is 9.40. The third kappa shape index (κ3) is 6.17. The van der Waals surface area contributed by atoms with Crippen molar-refractivity contribution in [2.75, 3.05) is 13.1 Å². The minimum Gasteiger partial charge on any atom is -0.352 e. The molecule has 144 valence electrons. The van der Waals surface area contributed by atoms with Crippen LogP contribution in [0.1, 0.15) is 36.8 Å². The number of piperidine rings is 1. The van der Waals surface area contributed by atoms with Crippen molar-refractivity contribution in [3.63, 3.8) is 0 Å². The Labute approximate surface area is 163 Å². The van der Waals surface area contributed by atoms with E-state index in [1.54, 1.807) is 23.5 Å². The van der Waals surface area contributed by atoms with Crippen LogP contribution < -0.4 is 5.32 Å². The summed E-state index contributed by atoms with van der Waals surface area (Å²) in [6.07, 6.45) is 3.75. The van der Waals surface area contributed by atoms with Crippen LogP contribution in [0.4, 0.5) is 4.39 Å². The van der Waals surface area contributed by atoms with Crippen LogP contribution in [0.5, 0.6) is 0 Å². The van der Waals surface area contributed by atoms with Crippen molar-refractivity contribution in [2.24, 2.45) is 5.92 Å². The van der Waals surface area contributed by atoms with Crippen molar-refractivity contribution < 1.29 is 14.0 Å². The highest BCUT2D eigenvalue weighted by atomic mass is 32.1. The van der Waals surface area contributed by atoms with Crippen LogP contribution >= 0.6 is 11.3 Å². The largest absolute Gasteiger partial charge is 0.352 e. The first kappa shape index (κ1) is 19.5. The lowest BCUT2D eigenvalue weighted by molar-refractivity contribution is -0.132. The lowest BCUT2D eigenvalue weighted by atomic mass is 9.92. The zero-order chi connectivity index (χ0) is 19.1. The molecule has 2 heterocycles. The maximum Gasteiger partial charge on any atom is 0.227 e. The number of hydrogen-bond donors (Lipinski definition) is 1. The third-order valence-corrected chi connectivity index (χ3v) is 5.82. The Bertz CT molecular complexity index is 738. The van der Waals surface area contributed by atoms with E-state index >= 15 is 0 Å². The third-order valence-electron chi connectivity index (χ3n) is 5.09. The minimum absolute atomic E-state index is 0.0234. The van der Waals surface area contributed by atoms with Gasteiger partial charge in [-0.05, 0) is 65.3 Å². The van der Waals surface area contributed by atoms with Gasteiger partial charge in [0.25, 0.3) is 0 Å². The van der Waals surface area contributed by atoms with Gasteiger partial charge in [-0.15, -0.1) is 0 Å². The number of halogens is 1. The van der Waals surface area contributed by atoms with Gasteiger partial charge in [-0.3, -0.25) is 9.59 Å². The van der Waals surface area contributed by atoms with Gasteiger partial charge in [0.1, 0.15) is 5.82 Å². The second kappa shape index (κ2) is 9.65. The number of nitrogens with zero attached hydrogens (tertiary/aromatic N) is 1. The maximum atomic E-state index is 12.9. The number of benzene rings is 1. The van der Waals surface area contributed by atoms with Crippen molar-refractivity contribution >= 4 is 23.2 Å². The average Bonchev–Trinajstić information content (AvgIpc) is 3.19. The van der Waals surface area contributed by atoms with E-state index < -0.39 is 0 Å². The maximum absolute atomic E-state index is 12.9. The summed E-state index contributed by atoms with van der Waals surface area (Å²) in [5.74, 6) is 0.441. The molecule has 6 heteroatoms. The van der Waals surface area contributed by atoms with Crippen LogP contribution in [-0.2, 0) is 22.6 Å². The molecule has 4 nitrogen and oxygen atoms in total. The topological polar surface area (TPSA) is 49.4 Å². The van der Waals surface area contributed by atoms with Crippen LogP contribution in [0.3, 0.4) is 0 Å². The number of rotatable bonds is 7. The Balaban J connectivity index is 1.32. The van der Waals surface area contributed by atoms with Crippen molar-refractivity contribution in [3.05, 3.63) is 58.0 Å². The smallest absolute Gasteiger partial charge is 0.227 e. The highest BCUT2D eigenvalue weighted by Gasteiger charge is 2.23. The van der Waals surface area contributed by atoms with Crippen molar-refractivity contribution in [1.29, 1.82) is 0 Å². The van der Waals surface area contributed by atoms with E-state index in [2.05, 4.69) is 5.32 Å². The molecule has 1 aliphatic heterocycles. The van der Waals surface area contributed by atoms with Crippen LogP contribution in [0, 0.1) is 11.7 Å². The molecule has 2 amide bonds. The molecule has 1 saturated heterocycles. The molecule has 0 aliphatic carbocycles. The van der Waals surface area contributed by atoms with Crippen molar-refractivity contribution in [1.82, 2.24) is 10.2 Å². The summed E-state index contributed by atoms with van der Waals surface area (Å²) in [5, 5.41) is 6.90. The standard InChI is InChI=1S/C21H25FN2O2S/c22-19-4-1-17(2-5-19)14-23-20(25)6-3-16-7-10-24(11-8-16)21(26)13-18-9-12-27-15-18/h1-2,4-5,9,12,15-16H,3,6-8,10-11,13-14H2,(H,23,25). The van der Waals surface area contributed by atoms with E-state index in [1.807, 2.05) is 21.7 Å². The van der Waals surface area contributed by atoms with E-state index in [0.717, 1.165) is 43.5 Å². The molecule has 3 rings (SSSR count). The van der Waals surface area contributed by atoms with Gasteiger partial charge in [0.2, 0.25) is 11.8 Å². The molecule has 0 saturated carbocycles. The Hall–Kier alpha value is -2.21. The summed E-state index contributed by atoms with van der Waals surface area (Å²) in [7, 11) is 0. The Morgan fingerprint density at radius 2 is 1.85 bits per heavy atom. The minimum atomic E-state index is -0.273. The van der Waals surface area contributed by atoms with Crippen LogP contribution in [0.2, 0.25) is 0 Å². The monoisotopic (exact) mass is 388 g/mol. The molecule has 0 spiro atoms. The van der Waals surface area contributed by atoms with Gasteiger partial charge in [-0.25, -0.2) is 4.39 Å². The molecule has 0 radical (unpaired) electrons. The molecule has 0 atom stereocenters. The second-order valence-corrected chi connectivity index (χ2v) is 7.85. The van der Waals surface area contributed by atoms with Gasteiger partial charge in [0.15, 0.2) is 0 Å². The van der Waals surface area contributed by atoms with E-state index in [4.69, 9.17) is 0 Å². The Kier molecular flexibility index (Phi) is 6.98. The fraction of sp³-hybridized carbons (Fsp3) is 0.429. The predicted octanol–water partition coefficient (Wildman–Crippen LogP) is 3.76. The quantitative estimate of drug-likeness (QED) is 0.785. The molecule has 27 heavy (non-hydrogen) atoms. The number of likely N-dealkylation sites (tertiary alicyclic amines) is 1. The van der Waals surface area contributed by atoms with Gasteiger partial charge in [-0.2, -0.15) is 11.3 Å². The summed E-state index contributed by atoms with van der Waals surface area (Å²) in [6, 6.07) is 8.15. The summed E-state index contributed by atoms with van der Waals surface area (Å²) < 4.78 is 12.9. The summed E-state index contributed by atoms with van der Waals surface area (Å²) in [5.41, 5.74) is 1.98. The summed E-state index contributed by atoms with van der Waals surface area (Å²) in [4.78, 5) is 26.3. The van der Waals surface area contributed by atoms with Crippen molar-refractivity contribution in [2.45, 2.75) is 38.6 Å². The highest BCUT2D eigenvalue weighted by molar-refractivity contribution is 7.08. The number of nitrogens with one attached hydrogen (secondary N) is 1. The normalized spacial score (nSPS) is 14.9. The summed E-state index contributed by atoms with van der Waals surface area (Å²) in [6.45, 7) is 1.99. The van der Waals surface area contributed by atoms with E-state index in [0.29, 0.717) is 25.3 Å². The Morgan fingerprint density at radius 3 is 2.52 bits per heavy atom. The summed E-state index contributed by atoms with van der Waals surface area (Å²) >= 11 is 1.62. The van der Waals surface area contributed by atoms with Crippen molar-refractivity contribution in [3.8, 4) is 0 Å². The molecule has 1 N–H and O–H groups in total. The SMILES string of the molecule is O=C(CCC1CCN(C(=O)Cc2ccsc2)CC1)NCc1ccc(F)cc1. The average molecular weight is 389 g/mol. The van der Waals surface area contributed by atoms with Gasteiger partial charge in [-0.1, -0.05) is 12.1 Å². The number of carbonyl (C=O) groups excluding carboxylic acids is 2. The first-order chi connectivity index (χ1) is 13.1. The first-order valence-corrected chi connectivity index (χ1v) is 10.3. The zero-order valence-electron chi connectivity index (χ0n) is 15.3. The van der Waals surface area contributed by atoms with Crippen LogP contribution in [0.15, 0.2) is 41.1 Å². The molecular formula is C21H25FN2O2S. The number of hydrogen-bond acceptors (Lipinski definition) is 3. The van der Waals surface area contributed by atoms with Gasteiger partial charge in [0, 0.05) is 26.1 Å². The predicted molar refractivity (Wildman–Crippen MR) is 105 cm³/mol. The molecule has 1 aromatic carbocycles. The molecule has 0 bridgehead atoms. The number of carbonyl (C=O) groups is 2. The fourth-order valence-electron chi connectivity index (χ4n) is 3.38. The van der Waals surface area contributed by atoms with Gasteiger partial charge < -0.3 is 10.2 Å². The number of thiophene rings is 1. The fourth-order valence-corrected chi connectivity index (χ4v) is 4.05. The second-order valence-electron chi connectivity index (χ2n) is 7.07. The molecule has 1 aromatic heterocycles. The van der Waals surface area contributed by atoms with E-state index in [-0.39, 0.29) is 17.6 Å². The highest BCUT2D eigenvalue weighted by Crippen LogP contribution is 2.22. The molecule has 0 unspecified atom stereocenters. The molecule has 2 aromatic rings. The molecular weight excluding hydrogens is 363 g/mol. The molecule has 1 fully saturated rings. The lowest BCUT2D eigenvalue weighted by Gasteiger charge is -2.32. The van der Waals surface area contributed by atoms with Gasteiger partial charge in [0.05, 0.1) is 6.42 Å². The zero-order valence-corrected chi connectivity index (χ0v) is 16.1. The van der Waals surface area contributed by atoms with E-state index in [1.165, 1.54) is 12.1 Å². The Morgan fingerprint density at radius 1 is 1.11 bits per heavy atom. The number of amides is 2. The van der Waals surface area contributed by atoms with Crippen LogP contribution in [-0.4, -0.2) is 29.8 Å². The molecule has 1 aliphatic rings.